The minimum Gasteiger partial charge on any atom is -0.480 e. The van der Waals surface area contributed by atoms with Crippen LogP contribution in [0.5, 0.6) is 5.88 Å². The highest BCUT2D eigenvalue weighted by molar-refractivity contribution is 5.88. The summed E-state index contributed by atoms with van der Waals surface area (Å²) in [5.74, 6) is -2.76. The third kappa shape index (κ3) is 5.89. The normalized spacial score (nSPS) is 19.3. The second-order valence-corrected chi connectivity index (χ2v) is 10.4. The fourth-order valence-electron chi connectivity index (χ4n) is 5.42. The Labute approximate surface area is 231 Å². The highest BCUT2D eigenvalue weighted by Crippen LogP contribution is 2.42. The number of hydrogen-bond donors (Lipinski definition) is 4. The fourth-order valence-corrected chi connectivity index (χ4v) is 5.42. The molecule has 0 saturated carbocycles. The zero-order valence-electron chi connectivity index (χ0n) is 21.9. The van der Waals surface area contributed by atoms with Crippen LogP contribution in [0.15, 0.2) is 36.5 Å². The highest BCUT2D eigenvalue weighted by atomic mass is 19.4. The number of nitrogens with zero attached hydrogens (tertiary/aromatic N) is 5. The number of aromatic carboxylic acids is 1. The average Bonchev–Trinajstić information content (AvgIpc) is 3.53. The molecule has 5 rings (SSSR count). The van der Waals surface area contributed by atoms with E-state index in [4.69, 9.17) is 10.5 Å². The van der Waals surface area contributed by atoms with Crippen LogP contribution in [-0.4, -0.2) is 73.8 Å². The van der Waals surface area contributed by atoms with Crippen molar-refractivity contribution in [2.24, 2.45) is 5.41 Å². The van der Waals surface area contributed by atoms with E-state index < -0.39 is 41.7 Å². The number of ether oxygens (including phenoxy) is 1. The zero-order chi connectivity index (χ0) is 29.5. The number of carboxylic acids is 2. The average molecular weight is 576 g/mol. The number of benzene rings is 1. The van der Waals surface area contributed by atoms with Gasteiger partial charge in [0.05, 0.1) is 16.9 Å². The second-order valence-electron chi connectivity index (χ2n) is 10.4. The Balaban J connectivity index is 1.44. The standard InChI is InChI=1S/C26H28F3N7O5/c1-14-4-7-36(34-14)18-3-2-15(22(37)38)10-16(18)21(26(27,28)29)41-20-11-19(32-24(30)33-20)35-8-5-25(6-9-35)12-17(23(39)40)31-13-25/h2-4,7,10-11,17,21,31H,5-6,8-9,12-13H2,1H3,(H,37,38)(H,39,40)(H2,30,32,33)/t17?,21-/m1/s1. The molecule has 1 unspecified atom stereocenters. The van der Waals surface area contributed by atoms with Crippen LogP contribution >= 0.6 is 0 Å². The molecule has 0 aliphatic carbocycles. The molecule has 12 nitrogen and oxygen atoms in total. The van der Waals surface area contributed by atoms with Gasteiger partial charge in [-0.1, -0.05) is 0 Å². The predicted octanol–water partition coefficient (Wildman–Crippen LogP) is 2.97. The highest BCUT2D eigenvalue weighted by Gasteiger charge is 2.46. The molecule has 2 fully saturated rings. The van der Waals surface area contributed by atoms with Crippen molar-refractivity contribution < 1.29 is 37.7 Å². The van der Waals surface area contributed by atoms with Gasteiger partial charge in [0.1, 0.15) is 11.9 Å². The molecular weight excluding hydrogens is 547 g/mol. The summed E-state index contributed by atoms with van der Waals surface area (Å²) in [5, 5.41) is 26.0. The lowest BCUT2D eigenvalue weighted by molar-refractivity contribution is -0.198. The van der Waals surface area contributed by atoms with Crippen molar-refractivity contribution in [1.29, 1.82) is 0 Å². The summed E-state index contributed by atoms with van der Waals surface area (Å²) in [4.78, 5) is 32.9. The minimum absolute atomic E-state index is 0.0150. The number of aryl methyl sites for hydroxylation is 1. The van der Waals surface area contributed by atoms with Crippen LogP contribution in [0.1, 0.15) is 47.0 Å². The number of aliphatic carboxylic acids is 1. The van der Waals surface area contributed by atoms with Gasteiger partial charge >= 0.3 is 18.1 Å². The van der Waals surface area contributed by atoms with Gasteiger partial charge in [0.25, 0.3) is 0 Å². The summed E-state index contributed by atoms with van der Waals surface area (Å²) >= 11 is 0. The molecule has 218 valence electrons. The SMILES string of the molecule is Cc1ccn(-c2ccc(C(=O)O)cc2[C@@H](Oc2cc(N3CCC4(CC3)CNC(C(=O)O)C4)nc(N)n2)C(F)(F)F)n1. The van der Waals surface area contributed by atoms with Crippen LogP contribution in [0.2, 0.25) is 0 Å². The lowest BCUT2D eigenvalue weighted by atomic mass is 9.76. The first-order valence-electron chi connectivity index (χ1n) is 12.8. The number of halogens is 3. The quantitative estimate of drug-likeness (QED) is 0.327. The molecule has 0 radical (unpaired) electrons. The van der Waals surface area contributed by atoms with Gasteiger partial charge in [-0.05, 0) is 55.9 Å². The van der Waals surface area contributed by atoms with Crippen LogP contribution in [0.3, 0.4) is 0 Å². The molecule has 41 heavy (non-hydrogen) atoms. The number of carboxylic acid groups (broad SMARTS) is 2. The van der Waals surface area contributed by atoms with Gasteiger partial charge in [-0.25, -0.2) is 9.48 Å². The van der Waals surface area contributed by atoms with Gasteiger partial charge in [0.2, 0.25) is 17.9 Å². The molecule has 3 aromatic rings. The maximum atomic E-state index is 14.5. The maximum absolute atomic E-state index is 14.5. The molecule has 5 N–H and O–H groups in total. The number of piperidine rings is 1. The summed E-state index contributed by atoms with van der Waals surface area (Å²) in [6, 6.07) is 5.59. The number of nitrogens with two attached hydrogens (primary N) is 1. The first-order valence-corrected chi connectivity index (χ1v) is 12.8. The predicted molar refractivity (Wildman–Crippen MR) is 139 cm³/mol. The number of rotatable bonds is 7. The van der Waals surface area contributed by atoms with Gasteiger partial charge in [0.15, 0.2) is 0 Å². The molecule has 1 aromatic carbocycles. The van der Waals surface area contributed by atoms with Crippen LogP contribution in [0.4, 0.5) is 24.9 Å². The molecule has 2 aliphatic heterocycles. The smallest absolute Gasteiger partial charge is 0.429 e. The molecule has 2 atom stereocenters. The van der Waals surface area contributed by atoms with E-state index in [9.17, 15) is 33.0 Å². The molecule has 4 heterocycles. The first kappa shape index (κ1) is 28.1. The molecule has 15 heteroatoms. The number of anilines is 2. The van der Waals surface area contributed by atoms with E-state index in [0.29, 0.717) is 44.6 Å². The van der Waals surface area contributed by atoms with Crippen LogP contribution < -0.4 is 20.7 Å². The minimum atomic E-state index is -4.97. The van der Waals surface area contributed by atoms with E-state index in [1.54, 1.807) is 13.0 Å². The van der Waals surface area contributed by atoms with Crippen molar-refractivity contribution in [3.63, 3.8) is 0 Å². The Hall–Kier alpha value is -4.40. The third-order valence-electron chi connectivity index (χ3n) is 7.58. The number of carbonyl (C=O) groups is 2. The van der Waals surface area contributed by atoms with E-state index in [1.807, 2.05) is 4.90 Å². The van der Waals surface area contributed by atoms with E-state index >= 15 is 0 Å². The van der Waals surface area contributed by atoms with Gasteiger partial charge in [-0.3, -0.25) is 4.79 Å². The van der Waals surface area contributed by atoms with Crippen molar-refractivity contribution in [3.8, 4) is 11.6 Å². The van der Waals surface area contributed by atoms with E-state index in [1.165, 1.54) is 29.1 Å². The summed E-state index contributed by atoms with van der Waals surface area (Å²) in [6.07, 6.45) is -4.30. The fraction of sp³-hybridized carbons (Fsp3) is 0.423. The number of aromatic nitrogens is 4. The molecule has 2 aliphatic rings. The van der Waals surface area contributed by atoms with Crippen LogP contribution in [0, 0.1) is 12.3 Å². The maximum Gasteiger partial charge on any atom is 0.429 e. The van der Waals surface area contributed by atoms with Gasteiger partial charge in [-0.15, -0.1) is 0 Å². The Morgan fingerprint density at radius 2 is 1.90 bits per heavy atom. The molecule has 2 saturated heterocycles. The van der Waals surface area contributed by atoms with Crippen LogP contribution in [-0.2, 0) is 4.79 Å². The zero-order valence-corrected chi connectivity index (χ0v) is 21.9. The Morgan fingerprint density at radius 1 is 1.17 bits per heavy atom. The van der Waals surface area contributed by atoms with E-state index in [2.05, 4.69) is 20.4 Å². The number of hydrogen-bond acceptors (Lipinski definition) is 9. The van der Waals surface area contributed by atoms with Crippen molar-refractivity contribution in [3.05, 3.63) is 53.3 Å². The number of nitrogens with one attached hydrogen (secondary N) is 1. The Kier molecular flexibility index (Phi) is 7.23. The van der Waals surface area contributed by atoms with Crippen LogP contribution in [0.25, 0.3) is 5.69 Å². The van der Waals surface area contributed by atoms with Crippen molar-refractivity contribution in [1.82, 2.24) is 25.1 Å². The van der Waals surface area contributed by atoms with Gasteiger partial charge in [0, 0.05) is 37.5 Å². The lowest BCUT2D eigenvalue weighted by Crippen LogP contribution is -2.41. The number of alkyl halides is 3. The number of nitrogen functional groups attached to an aromatic ring is 1. The monoisotopic (exact) mass is 575 g/mol. The van der Waals surface area contributed by atoms with Gasteiger partial charge < -0.3 is 30.9 Å². The van der Waals surface area contributed by atoms with Crippen molar-refractivity contribution >= 4 is 23.7 Å². The second kappa shape index (κ2) is 10.5. The van der Waals surface area contributed by atoms with Crippen molar-refractivity contribution in [2.75, 3.05) is 30.3 Å². The molecule has 2 aromatic heterocycles. The molecule has 1 spiro atoms. The molecule has 0 bridgehead atoms. The lowest BCUT2D eigenvalue weighted by Gasteiger charge is -2.39. The summed E-state index contributed by atoms with van der Waals surface area (Å²) in [6.45, 7) is 3.20. The largest absolute Gasteiger partial charge is 0.480 e. The van der Waals surface area contributed by atoms with Crippen molar-refractivity contribution in [2.45, 2.75) is 44.5 Å². The molecule has 0 amide bonds. The Morgan fingerprint density at radius 3 is 2.49 bits per heavy atom. The van der Waals surface area contributed by atoms with E-state index in [0.717, 1.165) is 6.07 Å². The van der Waals surface area contributed by atoms with Gasteiger partial charge in [-0.2, -0.15) is 28.2 Å². The summed E-state index contributed by atoms with van der Waals surface area (Å²) in [5.41, 5.74) is 5.38. The molecular formula is C26H28F3N7O5. The summed E-state index contributed by atoms with van der Waals surface area (Å²) in [7, 11) is 0. The first-order chi connectivity index (χ1) is 19.3. The third-order valence-corrected chi connectivity index (χ3v) is 7.58. The summed E-state index contributed by atoms with van der Waals surface area (Å²) < 4.78 is 50.2. The van der Waals surface area contributed by atoms with E-state index in [-0.39, 0.29) is 28.4 Å². The topological polar surface area (TPSA) is 169 Å². The Bertz CT molecular complexity index is 1470.